The summed E-state index contributed by atoms with van der Waals surface area (Å²) in [5, 5.41) is 0. The molecular weight excluding hydrogens is 284 g/mol. The number of hydrogen-bond acceptors (Lipinski definition) is 2. The smallest absolute Gasteiger partial charge is 0.0877 e. The van der Waals surface area contributed by atoms with E-state index in [1.54, 1.807) is 0 Å². The van der Waals surface area contributed by atoms with E-state index in [1.807, 2.05) is 0 Å². The Hall–Kier alpha value is -0.340. The zero-order valence-corrected chi connectivity index (χ0v) is 15.5. The minimum atomic E-state index is 0.480. The Labute approximate surface area is 144 Å². The molecule has 0 radical (unpaired) electrons. The normalized spacial score (nSPS) is 29.3. The van der Waals surface area contributed by atoms with Crippen molar-refractivity contribution >= 4 is 0 Å². The second-order valence-electron chi connectivity index (χ2n) is 7.39. The van der Waals surface area contributed by atoms with Crippen LogP contribution in [-0.4, -0.2) is 24.4 Å². The third kappa shape index (κ3) is 8.35. The number of allylic oxidation sites excluding steroid dienone is 1. The lowest BCUT2D eigenvalue weighted by Gasteiger charge is -2.00. The number of ether oxygens (including phenoxy) is 2. The predicted molar refractivity (Wildman–Crippen MR) is 97.8 cm³/mol. The minimum absolute atomic E-state index is 0.480. The van der Waals surface area contributed by atoms with Gasteiger partial charge in [-0.2, -0.15) is 0 Å². The van der Waals surface area contributed by atoms with Crippen molar-refractivity contribution in [2.75, 3.05) is 0 Å². The zero-order chi connectivity index (χ0) is 16.3. The second-order valence-corrected chi connectivity index (χ2v) is 7.39. The predicted octanol–water partition coefficient (Wildman–Crippen LogP) is 6.19. The fourth-order valence-electron chi connectivity index (χ4n) is 3.49. The Morgan fingerprint density at radius 1 is 0.652 bits per heavy atom. The highest BCUT2D eigenvalue weighted by atomic mass is 16.6. The fourth-order valence-corrected chi connectivity index (χ4v) is 3.49. The van der Waals surface area contributed by atoms with Gasteiger partial charge in [0.15, 0.2) is 0 Å². The van der Waals surface area contributed by atoms with E-state index < -0.39 is 0 Å². The van der Waals surface area contributed by atoms with Gasteiger partial charge in [-0.25, -0.2) is 0 Å². The van der Waals surface area contributed by atoms with Gasteiger partial charge in [-0.1, -0.05) is 77.4 Å². The van der Waals surface area contributed by atoms with Gasteiger partial charge in [-0.15, -0.1) is 0 Å². The summed E-state index contributed by atoms with van der Waals surface area (Å²) in [6.07, 6.45) is 24.0. The maximum absolute atomic E-state index is 5.73. The topological polar surface area (TPSA) is 25.1 Å². The molecule has 0 N–H and O–H groups in total. The van der Waals surface area contributed by atoms with Crippen molar-refractivity contribution < 1.29 is 9.47 Å². The molecule has 0 spiro atoms. The first-order chi connectivity index (χ1) is 11.3. The molecule has 0 aromatic heterocycles. The quantitative estimate of drug-likeness (QED) is 0.204. The first-order valence-corrected chi connectivity index (χ1v) is 10.3. The molecule has 2 nitrogen and oxygen atoms in total. The summed E-state index contributed by atoms with van der Waals surface area (Å²) < 4.78 is 11.3. The van der Waals surface area contributed by atoms with Gasteiger partial charge in [-0.05, 0) is 25.7 Å². The van der Waals surface area contributed by atoms with Gasteiger partial charge in [0, 0.05) is 6.42 Å². The molecule has 0 aromatic carbocycles. The van der Waals surface area contributed by atoms with E-state index in [0.29, 0.717) is 24.4 Å². The summed E-state index contributed by atoms with van der Waals surface area (Å²) in [5.41, 5.74) is 0. The van der Waals surface area contributed by atoms with Crippen molar-refractivity contribution in [1.82, 2.24) is 0 Å². The molecule has 0 saturated carbocycles. The lowest BCUT2D eigenvalue weighted by molar-refractivity contribution is 0.323. The molecule has 2 heteroatoms. The van der Waals surface area contributed by atoms with Gasteiger partial charge in [-0.3, -0.25) is 0 Å². The molecule has 134 valence electrons. The van der Waals surface area contributed by atoms with Crippen molar-refractivity contribution in [3.8, 4) is 0 Å². The summed E-state index contributed by atoms with van der Waals surface area (Å²) in [5.74, 6) is 0. The molecule has 2 saturated heterocycles. The fraction of sp³-hybridized carbons (Fsp3) is 0.905. The van der Waals surface area contributed by atoms with E-state index in [9.17, 15) is 0 Å². The molecule has 2 aliphatic rings. The zero-order valence-electron chi connectivity index (χ0n) is 15.5. The van der Waals surface area contributed by atoms with Crippen molar-refractivity contribution in [2.24, 2.45) is 0 Å². The molecular formula is C21H38O2. The van der Waals surface area contributed by atoms with Crippen LogP contribution in [0.4, 0.5) is 0 Å². The van der Waals surface area contributed by atoms with Gasteiger partial charge >= 0.3 is 0 Å². The second kappa shape index (κ2) is 11.3. The summed E-state index contributed by atoms with van der Waals surface area (Å²) in [4.78, 5) is 0. The van der Waals surface area contributed by atoms with Crippen LogP contribution in [0.2, 0.25) is 0 Å². The molecule has 2 fully saturated rings. The Morgan fingerprint density at radius 2 is 1.26 bits per heavy atom. The summed E-state index contributed by atoms with van der Waals surface area (Å²) in [6.45, 7) is 4.48. The van der Waals surface area contributed by atoms with Gasteiger partial charge < -0.3 is 9.47 Å². The van der Waals surface area contributed by atoms with Gasteiger partial charge in [0.25, 0.3) is 0 Å². The van der Waals surface area contributed by atoms with E-state index in [4.69, 9.17) is 9.47 Å². The van der Waals surface area contributed by atoms with Crippen LogP contribution in [0.25, 0.3) is 0 Å². The first-order valence-electron chi connectivity index (χ1n) is 10.3. The molecule has 2 heterocycles. The average molecular weight is 323 g/mol. The molecule has 0 amide bonds. The van der Waals surface area contributed by atoms with Crippen LogP contribution in [0.5, 0.6) is 0 Å². The molecule has 0 unspecified atom stereocenters. The summed E-state index contributed by atoms with van der Waals surface area (Å²) in [6, 6.07) is 0. The Kier molecular flexibility index (Phi) is 9.29. The van der Waals surface area contributed by atoms with E-state index in [2.05, 4.69) is 26.0 Å². The Balaban J connectivity index is 1.31. The van der Waals surface area contributed by atoms with Crippen molar-refractivity contribution in [2.45, 2.75) is 122 Å². The van der Waals surface area contributed by atoms with E-state index in [0.717, 1.165) is 19.3 Å². The van der Waals surface area contributed by atoms with Crippen LogP contribution in [0.3, 0.4) is 0 Å². The third-order valence-corrected chi connectivity index (χ3v) is 5.25. The van der Waals surface area contributed by atoms with Crippen LogP contribution < -0.4 is 0 Å². The maximum atomic E-state index is 5.73. The average Bonchev–Trinajstić information content (AvgIpc) is 3.47. The molecule has 0 aromatic rings. The van der Waals surface area contributed by atoms with Crippen molar-refractivity contribution in [3.05, 3.63) is 12.2 Å². The molecule has 2 rings (SSSR count). The highest BCUT2D eigenvalue weighted by Crippen LogP contribution is 2.37. The Bertz CT molecular complexity index is 326. The van der Waals surface area contributed by atoms with Crippen LogP contribution in [-0.2, 0) is 9.47 Å². The van der Waals surface area contributed by atoms with Gasteiger partial charge in [0.1, 0.15) is 0 Å². The summed E-state index contributed by atoms with van der Waals surface area (Å²) in [7, 11) is 0. The number of hydrogen-bond donors (Lipinski definition) is 0. The number of unbranched alkanes of at least 4 members (excludes halogenated alkanes) is 9. The third-order valence-electron chi connectivity index (χ3n) is 5.25. The molecule has 4 atom stereocenters. The van der Waals surface area contributed by atoms with Crippen LogP contribution in [0.1, 0.15) is 97.3 Å². The Morgan fingerprint density at radius 3 is 1.91 bits per heavy atom. The van der Waals surface area contributed by atoms with Crippen LogP contribution in [0, 0.1) is 0 Å². The van der Waals surface area contributed by atoms with E-state index >= 15 is 0 Å². The number of epoxide rings is 2. The van der Waals surface area contributed by atoms with Crippen molar-refractivity contribution in [1.29, 1.82) is 0 Å². The van der Waals surface area contributed by atoms with Gasteiger partial charge in [0.2, 0.25) is 0 Å². The largest absolute Gasteiger partial charge is 0.369 e. The summed E-state index contributed by atoms with van der Waals surface area (Å²) >= 11 is 0. The monoisotopic (exact) mass is 322 g/mol. The first kappa shape index (κ1) is 19.0. The van der Waals surface area contributed by atoms with E-state index in [1.165, 1.54) is 64.2 Å². The van der Waals surface area contributed by atoms with Crippen molar-refractivity contribution in [3.63, 3.8) is 0 Å². The lowest BCUT2D eigenvalue weighted by atomic mass is 10.1. The SMILES string of the molecule is CCCCCCCCCCC/C=C\C[C@@H]1O[C@@H]1C[C@H]1O[C@H]1CC. The molecule has 0 bridgehead atoms. The molecule has 2 aliphatic heterocycles. The number of rotatable bonds is 15. The maximum Gasteiger partial charge on any atom is 0.0877 e. The lowest BCUT2D eigenvalue weighted by Crippen LogP contribution is -2.00. The standard InChI is InChI=1S/C21H38O2/c1-3-5-6-7-8-9-10-11-12-13-14-15-16-19-21(23-19)17-20-18(4-2)22-20/h14-15,18-21H,3-13,16-17H2,1-2H3/b15-14-/t18-,19-,20+,21+/m0/s1. The van der Waals surface area contributed by atoms with Crippen LogP contribution >= 0.6 is 0 Å². The van der Waals surface area contributed by atoms with Crippen LogP contribution in [0.15, 0.2) is 12.2 Å². The minimum Gasteiger partial charge on any atom is -0.369 e. The molecule has 23 heavy (non-hydrogen) atoms. The van der Waals surface area contributed by atoms with E-state index in [-0.39, 0.29) is 0 Å². The van der Waals surface area contributed by atoms with Gasteiger partial charge in [0.05, 0.1) is 24.4 Å². The highest BCUT2D eigenvalue weighted by molar-refractivity contribution is 4.98. The highest BCUT2D eigenvalue weighted by Gasteiger charge is 2.46. The molecule has 0 aliphatic carbocycles.